The lowest BCUT2D eigenvalue weighted by atomic mass is 10.1. The first-order valence-electron chi connectivity index (χ1n) is 11.0. The molecule has 7 nitrogen and oxygen atoms in total. The summed E-state index contributed by atoms with van der Waals surface area (Å²) in [7, 11) is 3.51. The summed E-state index contributed by atoms with van der Waals surface area (Å²) >= 11 is 0. The van der Waals surface area contributed by atoms with Crippen molar-refractivity contribution in [2.24, 2.45) is 4.99 Å². The zero-order valence-electron chi connectivity index (χ0n) is 18.8. The van der Waals surface area contributed by atoms with Crippen LogP contribution >= 0.6 is 0 Å². The number of carbonyl (C=O) groups excluding carboxylic acids is 1. The summed E-state index contributed by atoms with van der Waals surface area (Å²) in [5, 5.41) is 6.94. The first-order chi connectivity index (χ1) is 15.0. The molecule has 1 amide bonds. The van der Waals surface area contributed by atoms with E-state index in [0.29, 0.717) is 12.0 Å². The highest BCUT2D eigenvalue weighted by Gasteiger charge is 2.21. The maximum atomic E-state index is 12.0. The van der Waals surface area contributed by atoms with Crippen molar-refractivity contribution in [3.8, 4) is 0 Å². The molecule has 7 heteroatoms. The Balaban J connectivity index is 1.54. The molecule has 0 aliphatic carbocycles. The molecule has 3 rings (SSSR count). The van der Waals surface area contributed by atoms with Gasteiger partial charge in [0.1, 0.15) is 12.4 Å². The van der Waals surface area contributed by atoms with E-state index in [2.05, 4.69) is 68.8 Å². The molecule has 1 fully saturated rings. The van der Waals surface area contributed by atoms with Gasteiger partial charge in [-0.2, -0.15) is 0 Å². The molecule has 0 unspecified atom stereocenters. The number of aliphatic imine (C=N–C) groups is 1. The van der Waals surface area contributed by atoms with Gasteiger partial charge >= 0.3 is 0 Å². The number of aromatic nitrogens is 1. The number of guanidine groups is 1. The van der Waals surface area contributed by atoms with Crippen molar-refractivity contribution in [1.29, 1.82) is 0 Å². The topological polar surface area (TPSA) is 72.9 Å². The third-order valence-corrected chi connectivity index (χ3v) is 5.48. The number of aryl methyl sites for hydroxylation is 1. The Labute approximate surface area is 185 Å². The van der Waals surface area contributed by atoms with Crippen molar-refractivity contribution in [3.05, 3.63) is 59.8 Å². The van der Waals surface area contributed by atoms with Crippen LogP contribution in [0.5, 0.6) is 0 Å². The van der Waals surface area contributed by atoms with Crippen molar-refractivity contribution in [2.75, 3.05) is 45.2 Å². The van der Waals surface area contributed by atoms with E-state index >= 15 is 0 Å². The summed E-state index contributed by atoms with van der Waals surface area (Å²) in [4.78, 5) is 25.0. The van der Waals surface area contributed by atoms with E-state index in [1.807, 2.05) is 12.3 Å². The number of nitrogens with one attached hydrogen (secondary N) is 2. The molecule has 0 radical (unpaired) electrons. The Morgan fingerprint density at radius 3 is 2.55 bits per heavy atom. The minimum absolute atomic E-state index is 0.00979. The molecule has 1 aliphatic rings. The van der Waals surface area contributed by atoms with Crippen molar-refractivity contribution in [3.63, 3.8) is 0 Å². The third-order valence-electron chi connectivity index (χ3n) is 5.48. The van der Waals surface area contributed by atoms with Crippen LogP contribution in [0.25, 0.3) is 0 Å². The van der Waals surface area contributed by atoms with Crippen molar-refractivity contribution in [2.45, 2.75) is 32.2 Å². The number of piperidine rings is 1. The van der Waals surface area contributed by atoms with Crippen LogP contribution in [0.2, 0.25) is 0 Å². The Morgan fingerprint density at radius 1 is 1.16 bits per heavy atom. The van der Waals surface area contributed by atoms with E-state index in [1.165, 1.54) is 11.1 Å². The molecule has 2 heterocycles. The number of likely N-dealkylation sites (N-methyl/N-ethyl adjacent to an activating group) is 1. The van der Waals surface area contributed by atoms with Gasteiger partial charge < -0.3 is 20.4 Å². The van der Waals surface area contributed by atoms with Crippen molar-refractivity contribution in [1.82, 2.24) is 20.5 Å². The Bertz CT molecular complexity index is 842. The molecule has 1 saturated heterocycles. The third kappa shape index (κ3) is 7.27. The number of hydrogen-bond acceptors (Lipinski definition) is 4. The van der Waals surface area contributed by atoms with Gasteiger partial charge in [0.15, 0.2) is 5.96 Å². The lowest BCUT2D eigenvalue weighted by Gasteiger charge is -2.34. The zero-order chi connectivity index (χ0) is 22.1. The quantitative estimate of drug-likeness (QED) is 0.529. The largest absolute Gasteiger partial charge is 0.356 e. The fourth-order valence-corrected chi connectivity index (χ4v) is 3.50. The number of hydrogen-bond donors (Lipinski definition) is 2. The second kappa shape index (κ2) is 11.3. The van der Waals surface area contributed by atoms with Gasteiger partial charge in [0, 0.05) is 46.0 Å². The van der Waals surface area contributed by atoms with Gasteiger partial charge in [-0.3, -0.25) is 4.79 Å². The Morgan fingerprint density at radius 2 is 1.90 bits per heavy atom. The van der Waals surface area contributed by atoms with Gasteiger partial charge in [0.2, 0.25) is 5.91 Å². The number of benzene rings is 1. The van der Waals surface area contributed by atoms with E-state index in [4.69, 9.17) is 0 Å². The van der Waals surface area contributed by atoms with E-state index < -0.39 is 0 Å². The first kappa shape index (κ1) is 22.6. The number of carbonyl (C=O) groups is 1. The van der Waals surface area contributed by atoms with Gasteiger partial charge in [0.25, 0.3) is 0 Å². The molecule has 1 aromatic heterocycles. The maximum Gasteiger partial charge on any atom is 0.243 e. The average molecular weight is 423 g/mol. The Kier molecular flexibility index (Phi) is 8.27. The number of pyridine rings is 1. The summed E-state index contributed by atoms with van der Waals surface area (Å²) in [5.74, 6) is 1.73. The predicted octanol–water partition coefficient (Wildman–Crippen LogP) is 2.22. The molecular formula is C24H34N6O. The van der Waals surface area contributed by atoms with E-state index in [-0.39, 0.29) is 12.5 Å². The number of nitrogens with zero attached hydrogens (tertiary/aromatic N) is 4. The number of rotatable bonds is 7. The summed E-state index contributed by atoms with van der Waals surface area (Å²) in [6, 6.07) is 14.9. The molecule has 1 aliphatic heterocycles. The fourth-order valence-electron chi connectivity index (χ4n) is 3.50. The standard InChI is InChI=1S/C24H34N6O/c1-19-9-10-22(26-17-19)30-15-12-21(13-16-30)28-24(27-18-23(31)29(2)3)25-14-11-20-7-5-4-6-8-20/h4-10,17,21H,11-16,18H2,1-3H3,(H2,25,27,28). The highest BCUT2D eigenvalue weighted by Crippen LogP contribution is 2.18. The lowest BCUT2D eigenvalue weighted by Crippen LogP contribution is -2.49. The first-order valence-corrected chi connectivity index (χ1v) is 11.0. The molecule has 166 valence electrons. The SMILES string of the molecule is Cc1ccc(N2CCC(NC(=NCC(=O)N(C)C)NCCc3ccccc3)CC2)nc1. The molecule has 2 aromatic rings. The summed E-state index contributed by atoms with van der Waals surface area (Å²) in [6.07, 6.45) is 4.82. The summed E-state index contributed by atoms with van der Waals surface area (Å²) < 4.78 is 0. The molecule has 0 bridgehead atoms. The minimum atomic E-state index is -0.00979. The maximum absolute atomic E-state index is 12.0. The monoisotopic (exact) mass is 422 g/mol. The van der Waals surface area contributed by atoms with Gasteiger partial charge in [0.05, 0.1) is 0 Å². The zero-order valence-corrected chi connectivity index (χ0v) is 18.8. The van der Waals surface area contributed by atoms with Gasteiger partial charge in [-0.1, -0.05) is 36.4 Å². The predicted molar refractivity (Wildman–Crippen MR) is 126 cm³/mol. The lowest BCUT2D eigenvalue weighted by molar-refractivity contribution is -0.127. The van der Waals surface area contributed by atoms with Crippen LogP contribution in [-0.2, 0) is 11.2 Å². The summed E-state index contributed by atoms with van der Waals surface area (Å²) in [6.45, 7) is 4.85. The van der Waals surface area contributed by atoms with Crippen LogP contribution in [0.4, 0.5) is 5.82 Å². The van der Waals surface area contributed by atoms with Crippen LogP contribution < -0.4 is 15.5 Å². The smallest absolute Gasteiger partial charge is 0.243 e. The van der Waals surface area contributed by atoms with Crippen LogP contribution in [0, 0.1) is 6.92 Å². The normalized spacial score (nSPS) is 14.9. The highest BCUT2D eigenvalue weighted by atomic mass is 16.2. The fraction of sp³-hybridized carbons (Fsp3) is 0.458. The second-order valence-electron chi connectivity index (χ2n) is 8.21. The van der Waals surface area contributed by atoms with Gasteiger partial charge in [-0.25, -0.2) is 9.98 Å². The van der Waals surface area contributed by atoms with E-state index in [9.17, 15) is 4.79 Å². The average Bonchev–Trinajstić information content (AvgIpc) is 2.79. The second-order valence-corrected chi connectivity index (χ2v) is 8.21. The van der Waals surface area contributed by atoms with E-state index in [0.717, 1.165) is 44.7 Å². The summed E-state index contributed by atoms with van der Waals surface area (Å²) in [5.41, 5.74) is 2.45. The van der Waals surface area contributed by atoms with Crippen LogP contribution in [0.1, 0.15) is 24.0 Å². The van der Waals surface area contributed by atoms with Gasteiger partial charge in [-0.15, -0.1) is 0 Å². The molecule has 31 heavy (non-hydrogen) atoms. The molecule has 0 saturated carbocycles. The number of anilines is 1. The van der Waals surface area contributed by atoms with Crippen LogP contribution in [0.3, 0.4) is 0 Å². The van der Waals surface area contributed by atoms with E-state index in [1.54, 1.807) is 19.0 Å². The van der Waals surface area contributed by atoms with Crippen LogP contribution in [-0.4, -0.2) is 68.1 Å². The molecule has 1 aromatic carbocycles. The molecular weight excluding hydrogens is 388 g/mol. The molecule has 0 spiro atoms. The highest BCUT2D eigenvalue weighted by molar-refractivity contribution is 5.85. The van der Waals surface area contributed by atoms with Crippen LogP contribution in [0.15, 0.2) is 53.7 Å². The number of amides is 1. The van der Waals surface area contributed by atoms with Crippen molar-refractivity contribution >= 4 is 17.7 Å². The van der Waals surface area contributed by atoms with Crippen molar-refractivity contribution < 1.29 is 4.79 Å². The van der Waals surface area contributed by atoms with Gasteiger partial charge in [-0.05, 0) is 43.4 Å². The minimum Gasteiger partial charge on any atom is -0.356 e. The molecule has 2 N–H and O–H groups in total. The Hall–Kier alpha value is -3.09. The molecule has 0 atom stereocenters.